The van der Waals surface area contributed by atoms with Crippen LogP contribution in [0.5, 0.6) is 0 Å². The minimum atomic E-state index is -0.802. The molecule has 1 atom stereocenters. The molecule has 0 saturated heterocycles. The highest BCUT2D eigenvalue weighted by atomic mass is 16.6. The van der Waals surface area contributed by atoms with Gasteiger partial charge in [-0.2, -0.15) is 0 Å². The Morgan fingerprint density at radius 2 is 1.60 bits per heavy atom. The van der Waals surface area contributed by atoms with Gasteiger partial charge >= 0.3 is 17.9 Å². The Morgan fingerprint density at radius 1 is 0.920 bits per heavy atom. The van der Waals surface area contributed by atoms with Gasteiger partial charge < -0.3 is 18.9 Å². The van der Waals surface area contributed by atoms with Crippen molar-refractivity contribution < 1.29 is 33.3 Å². The van der Waals surface area contributed by atoms with Crippen LogP contribution in [0.25, 0.3) is 0 Å². The van der Waals surface area contributed by atoms with Crippen LogP contribution < -0.4 is 0 Å². The first kappa shape index (κ1) is 23.1. The quantitative estimate of drug-likeness (QED) is 0.204. The van der Waals surface area contributed by atoms with Crippen LogP contribution in [0, 0.1) is 5.92 Å². The van der Waals surface area contributed by atoms with E-state index >= 15 is 0 Å². The van der Waals surface area contributed by atoms with Gasteiger partial charge in [-0.25, -0.2) is 14.4 Å². The van der Waals surface area contributed by atoms with E-state index < -0.39 is 24.5 Å². The number of ether oxygens (including phenoxy) is 4. The average molecular weight is 358 g/mol. The van der Waals surface area contributed by atoms with Crippen LogP contribution in [0.1, 0.15) is 46.0 Å². The summed E-state index contributed by atoms with van der Waals surface area (Å²) in [6.07, 6.45) is 6.65. The van der Waals surface area contributed by atoms with Crippen LogP contribution in [-0.4, -0.2) is 51.4 Å². The van der Waals surface area contributed by atoms with Crippen LogP contribution >= 0.6 is 0 Å². The largest absolute Gasteiger partial charge is 0.463 e. The van der Waals surface area contributed by atoms with Gasteiger partial charge in [-0.1, -0.05) is 33.1 Å². The highest BCUT2D eigenvalue weighted by Crippen LogP contribution is 2.12. The fourth-order valence-electron chi connectivity index (χ4n) is 1.89. The molecular weight excluding hydrogens is 328 g/mol. The second kappa shape index (κ2) is 15.6. The molecule has 0 bridgehead atoms. The third-order valence-corrected chi connectivity index (χ3v) is 3.45. The maximum absolute atomic E-state index is 11.6. The lowest BCUT2D eigenvalue weighted by Gasteiger charge is -2.13. The zero-order valence-corrected chi connectivity index (χ0v) is 15.5. The first-order chi connectivity index (χ1) is 12.0. The smallest absolute Gasteiger partial charge is 0.344 e. The number of rotatable bonds is 14. The summed E-state index contributed by atoms with van der Waals surface area (Å²) in [5, 5.41) is 0. The van der Waals surface area contributed by atoms with Gasteiger partial charge in [0.05, 0.1) is 13.2 Å². The topological polar surface area (TPSA) is 88.1 Å². The molecule has 0 fully saturated rings. The molecule has 144 valence electrons. The SMILES string of the molecule is CCCCC(CC)COC(=O)/C=C/C(=O)OCC(=O)OCCCOC. The van der Waals surface area contributed by atoms with Crippen LogP contribution in [0.15, 0.2) is 12.2 Å². The third kappa shape index (κ3) is 14.2. The molecule has 0 rings (SSSR count). The lowest BCUT2D eigenvalue weighted by molar-refractivity contribution is -0.156. The number of methoxy groups -OCH3 is 1. The first-order valence-corrected chi connectivity index (χ1v) is 8.69. The van der Waals surface area contributed by atoms with E-state index in [2.05, 4.69) is 18.6 Å². The predicted octanol–water partition coefficient (Wildman–Crippen LogP) is 2.43. The van der Waals surface area contributed by atoms with Crippen molar-refractivity contribution >= 4 is 17.9 Å². The summed E-state index contributed by atoms with van der Waals surface area (Å²) in [6, 6.07) is 0. The van der Waals surface area contributed by atoms with Crippen molar-refractivity contribution in [3.8, 4) is 0 Å². The highest BCUT2D eigenvalue weighted by molar-refractivity contribution is 5.92. The van der Waals surface area contributed by atoms with Gasteiger partial charge in [-0.15, -0.1) is 0 Å². The van der Waals surface area contributed by atoms with Crippen molar-refractivity contribution in [2.45, 2.75) is 46.0 Å². The minimum absolute atomic E-state index is 0.197. The molecule has 0 radical (unpaired) electrons. The van der Waals surface area contributed by atoms with Gasteiger partial charge in [-0.05, 0) is 12.3 Å². The third-order valence-electron chi connectivity index (χ3n) is 3.45. The number of hydrogen-bond acceptors (Lipinski definition) is 7. The van der Waals surface area contributed by atoms with Crippen molar-refractivity contribution in [3.63, 3.8) is 0 Å². The predicted molar refractivity (Wildman–Crippen MR) is 91.8 cm³/mol. The minimum Gasteiger partial charge on any atom is -0.463 e. The molecule has 1 unspecified atom stereocenters. The molecule has 7 nitrogen and oxygen atoms in total. The Morgan fingerprint density at radius 3 is 2.20 bits per heavy atom. The van der Waals surface area contributed by atoms with Crippen LogP contribution in [-0.2, 0) is 33.3 Å². The normalized spacial score (nSPS) is 12.0. The summed E-state index contributed by atoms with van der Waals surface area (Å²) in [4.78, 5) is 34.3. The maximum atomic E-state index is 11.6. The van der Waals surface area contributed by atoms with Gasteiger partial charge in [0.15, 0.2) is 6.61 Å². The highest BCUT2D eigenvalue weighted by Gasteiger charge is 2.10. The van der Waals surface area contributed by atoms with E-state index in [0.29, 0.717) is 25.6 Å². The molecule has 25 heavy (non-hydrogen) atoms. The van der Waals surface area contributed by atoms with E-state index in [1.54, 1.807) is 7.11 Å². The number of unbranched alkanes of at least 4 members (excludes halogenated alkanes) is 1. The molecule has 0 amide bonds. The second-order valence-electron chi connectivity index (χ2n) is 5.55. The fourth-order valence-corrected chi connectivity index (χ4v) is 1.89. The Labute approximate surface area is 149 Å². The van der Waals surface area contributed by atoms with Crippen LogP contribution in [0.2, 0.25) is 0 Å². The molecule has 0 aromatic heterocycles. The number of esters is 3. The van der Waals surface area contributed by atoms with Gasteiger partial charge in [0, 0.05) is 32.3 Å². The van der Waals surface area contributed by atoms with Gasteiger partial charge in [0.2, 0.25) is 0 Å². The average Bonchev–Trinajstić information content (AvgIpc) is 2.62. The standard InChI is InChI=1S/C18H30O7/c1-4-6-8-15(5-2)13-24-16(19)9-10-17(20)25-14-18(21)23-12-7-11-22-3/h9-10,15H,4-8,11-14H2,1-3H3/b10-9+. The molecule has 0 spiro atoms. The Kier molecular flexibility index (Phi) is 14.4. The fraction of sp³-hybridized carbons (Fsp3) is 0.722. The summed E-state index contributed by atoms with van der Waals surface area (Å²) >= 11 is 0. The molecular formula is C18H30O7. The Hall–Kier alpha value is -1.89. The van der Waals surface area contributed by atoms with E-state index in [0.717, 1.165) is 37.8 Å². The molecule has 7 heteroatoms. The molecule has 0 aliphatic rings. The van der Waals surface area contributed by atoms with Crippen molar-refractivity contribution in [2.24, 2.45) is 5.92 Å². The van der Waals surface area contributed by atoms with Crippen LogP contribution in [0.3, 0.4) is 0 Å². The van der Waals surface area contributed by atoms with E-state index in [1.807, 2.05) is 0 Å². The molecule has 0 N–H and O–H groups in total. The lowest BCUT2D eigenvalue weighted by Crippen LogP contribution is -2.17. The van der Waals surface area contributed by atoms with Crippen molar-refractivity contribution in [3.05, 3.63) is 12.2 Å². The van der Waals surface area contributed by atoms with Gasteiger partial charge in [0.25, 0.3) is 0 Å². The monoisotopic (exact) mass is 358 g/mol. The van der Waals surface area contributed by atoms with Crippen molar-refractivity contribution in [2.75, 3.05) is 33.5 Å². The van der Waals surface area contributed by atoms with E-state index in [4.69, 9.17) is 14.2 Å². The molecule has 0 aliphatic heterocycles. The second-order valence-corrected chi connectivity index (χ2v) is 5.55. The van der Waals surface area contributed by atoms with E-state index in [-0.39, 0.29) is 6.61 Å². The zero-order valence-electron chi connectivity index (χ0n) is 15.5. The molecule has 0 aliphatic carbocycles. The molecule has 0 saturated carbocycles. The molecule has 0 heterocycles. The Balaban J connectivity index is 3.92. The van der Waals surface area contributed by atoms with E-state index in [1.165, 1.54) is 0 Å². The summed E-state index contributed by atoms with van der Waals surface area (Å²) < 4.78 is 19.4. The Bertz CT molecular complexity index is 418. The van der Waals surface area contributed by atoms with Crippen molar-refractivity contribution in [1.82, 2.24) is 0 Å². The summed E-state index contributed by atoms with van der Waals surface area (Å²) in [5.74, 6) is -1.72. The van der Waals surface area contributed by atoms with Gasteiger partial charge in [0.1, 0.15) is 0 Å². The number of carbonyl (C=O) groups is 3. The number of carbonyl (C=O) groups excluding carboxylic acids is 3. The summed E-state index contributed by atoms with van der Waals surface area (Å²) in [7, 11) is 1.55. The molecule has 0 aromatic rings. The first-order valence-electron chi connectivity index (χ1n) is 8.69. The number of hydrogen-bond donors (Lipinski definition) is 0. The van der Waals surface area contributed by atoms with Crippen LogP contribution in [0.4, 0.5) is 0 Å². The summed E-state index contributed by atoms with van der Waals surface area (Å²) in [5.41, 5.74) is 0. The van der Waals surface area contributed by atoms with Crippen molar-refractivity contribution in [1.29, 1.82) is 0 Å². The molecule has 0 aromatic carbocycles. The van der Waals surface area contributed by atoms with E-state index in [9.17, 15) is 14.4 Å². The lowest BCUT2D eigenvalue weighted by atomic mass is 10.0. The zero-order chi connectivity index (χ0) is 18.9. The van der Waals surface area contributed by atoms with Gasteiger partial charge in [-0.3, -0.25) is 0 Å². The maximum Gasteiger partial charge on any atom is 0.344 e. The summed E-state index contributed by atoms with van der Waals surface area (Å²) in [6.45, 7) is 4.68.